The van der Waals surface area contributed by atoms with Gasteiger partial charge in [-0.15, -0.1) is 0 Å². The second-order valence-electron chi connectivity index (χ2n) is 4.99. The van der Waals surface area contributed by atoms with E-state index >= 15 is 0 Å². The first-order valence-corrected chi connectivity index (χ1v) is 6.11. The summed E-state index contributed by atoms with van der Waals surface area (Å²) in [5.41, 5.74) is 1.63. The summed E-state index contributed by atoms with van der Waals surface area (Å²) in [7, 11) is 0. The van der Waals surface area contributed by atoms with Crippen LogP contribution in [0.3, 0.4) is 0 Å². The van der Waals surface area contributed by atoms with Crippen molar-refractivity contribution in [1.29, 1.82) is 0 Å². The largest absolute Gasteiger partial charge is 0.494 e. The van der Waals surface area contributed by atoms with Crippen LogP contribution in [0.25, 0.3) is 0 Å². The van der Waals surface area contributed by atoms with E-state index in [1.807, 2.05) is 6.92 Å². The molecule has 88 valence electrons. The van der Waals surface area contributed by atoms with E-state index in [1.54, 1.807) is 0 Å². The molecular weight excluding hydrogens is 198 g/mol. The van der Waals surface area contributed by atoms with E-state index in [9.17, 15) is 0 Å². The molecule has 1 atom stereocenters. The summed E-state index contributed by atoms with van der Waals surface area (Å²) in [4.78, 5) is 0. The molecule has 1 fully saturated rings. The highest BCUT2D eigenvalue weighted by Gasteiger charge is 2.34. The summed E-state index contributed by atoms with van der Waals surface area (Å²) in [6, 6.07) is 8.55. The van der Waals surface area contributed by atoms with Crippen molar-refractivity contribution in [3.05, 3.63) is 29.8 Å². The highest BCUT2D eigenvalue weighted by molar-refractivity contribution is 5.32. The van der Waals surface area contributed by atoms with Crippen LogP contribution in [0, 0.1) is 0 Å². The van der Waals surface area contributed by atoms with Gasteiger partial charge in [-0.25, -0.2) is 0 Å². The zero-order chi connectivity index (χ0) is 11.6. The minimum absolute atomic E-state index is 0.215. The molecule has 1 aliphatic rings. The first-order chi connectivity index (χ1) is 7.63. The molecule has 0 aliphatic carbocycles. The smallest absolute Gasteiger partial charge is 0.119 e. The molecular formula is C14H21NO. The van der Waals surface area contributed by atoms with Crippen LogP contribution in [0.1, 0.15) is 38.7 Å². The zero-order valence-electron chi connectivity index (χ0n) is 10.4. The predicted molar refractivity (Wildman–Crippen MR) is 67.1 cm³/mol. The van der Waals surface area contributed by atoms with Crippen LogP contribution in [0.4, 0.5) is 0 Å². The van der Waals surface area contributed by atoms with Crippen LogP contribution in [0.2, 0.25) is 0 Å². The summed E-state index contributed by atoms with van der Waals surface area (Å²) < 4.78 is 5.46. The fourth-order valence-electron chi connectivity index (χ4n) is 2.57. The van der Waals surface area contributed by atoms with E-state index in [0.717, 1.165) is 18.9 Å². The Labute approximate surface area is 98.0 Å². The quantitative estimate of drug-likeness (QED) is 0.844. The molecule has 0 radical (unpaired) electrons. The average Bonchev–Trinajstić information content (AvgIpc) is 2.60. The fraction of sp³-hybridized carbons (Fsp3) is 0.571. The van der Waals surface area contributed by atoms with E-state index < -0.39 is 0 Å². The monoisotopic (exact) mass is 219 g/mol. The van der Waals surface area contributed by atoms with Gasteiger partial charge in [-0.2, -0.15) is 0 Å². The highest BCUT2D eigenvalue weighted by atomic mass is 16.5. The maximum absolute atomic E-state index is 5.46. The molecule has 1 heterocycles. The summed E-state index contributed by atoms with van der Waals surface area (Å²) in [6.07, 6.45) is 1.22. The second kappa shape index (κ2) is 4.46. The van der Waals surface area contributed by atoms with E-state index in [2.05, 4.69) is 43.4 Å². The first kappa shape index (κ1) is 11.5. The van der Waals surface area contributed by atoms with Gasteiger partial charge in [0.25, 0.3) is 0 Å². The maximum atomic E-state index is 5.46. The van der Waals surface area contributed by atoms with Gasteiger partial charge in [-0.3, -0.25) is 0 Å². The molecule has 1 aromatic carbocycles. The Morgan fingerprint density at radius 2 is 2.00 bits per heavy atom. The standard InChI is InChI=1S/C14H21NO/c1-4-16-12-7-5-11(6-8-12)13-9-10-15-14(13,2)3/h5-8,13,15H,4,9-10H2,1-3H3. The van der Waals surface area contributed by atoms with Crippen molar-refractivity contribution >= 4 is 0 Å². The third-order valence-corrected chi connectivity index (χ3v) is 3.48. The molecule has 2 nitrogen and oxygen atoms in total. The van der Waals surface area contributed by atoms with Crippen LogP contribution < -0.4 is 10.1 Å². The maximum Gasteiger partial charge on any atom is 0.119 e. The number of hydrogen-bond donors (Lipinski definition) is 1. The van der Waals surface area contributed by atoms with Gasteiger partial charge in [-0.05, 0) is 51.4 Å². The Kier molecular flexibility index (Phi) is 3.20. The molecule has 16 heavy (non-hydrogen) atoms. The Hall–Kier alpha value is -1.02. The summed E-state index contributed by atoms with van der Waals surface area (Å²) >= 11 is 0. The lowest BCUT2D eigenvalue weighted by molar-refractivity contribution is 0.339. The van der Waals surface area contributed by atoms with Crippen molar-refractivity contribution in [3.8, 4) is 5.75 Å². The van der Waals surface area contributed by atoms with E-state index in [1.165, 1.54) is 12.0 Å². The van der Waals surface area contributed by atoms with Crippen molar-refractivity contribution in [2.45, 2.75) is 38.6 Å². The number of hydrogen-bond acceptors (Lipinski definition) is 2. The normalized spacial score (nSPS) is 23.3. The number of nitrogens with one attached hydrogen (secondary N) is 1. The minimum Gasteiger partial charge on any atom is -0.494 e. The highest BCUT2D eigenvalue weighted by Crippen LogP contribution is 2.35. The zero-order valence-corrected chi connectivity index (χ0v) is 10.4. The van der Waals surface area contributed by atoms with Gasteiger partial charge >= 0.3 is 0 Å². The van der Waals surface area contributed by atoms with Crippen molar-refractivity contribution in [3.63, 3.8) is 0 Å². The summed E-state index contributed by atoms with van der Waals surface area (Å²) in [5.74, 6) is 1.58. The van der Waals surface area contributed by atoms with Crippen molar-refractivity contribution in [2.75, 3.05) is 13.2 Å². The minimum atomic E-state index is 0.215. The molecule has 1 saturated heterocycles. The molecule has 0 bridgehead atoms. The number of benzene rings is 1. The van der Waals surface area contributed by atoms with Crippen LogP contribution in [0.5, 0.6) is 5.75 Å². The third-order valence-electron chi connectivity index (χ3n) is 3.48. The molecule has 0 saturated carbocycles. The molecule has 1 unspecified atom stereocenters. The Bertz CT molecular complexity index is 342. The van der Waals surface area contributed by atoms with E-state index in [-0.39, 0.29) is 5.54 Å². The van der Waals surface area contributed by atoms with Gasteiger partial charge < -0.3 is 10.1 Å². The lowest BCUT2D eigenvalue weighted by Gasteiger charge is -2.27. The van der Waals surface area contributed by atoms with Crippen LogP contribution >= 0.6 is 0 Å². The summed E-state index contributed by atoms with van der Waals surface area (Å²) in [6.45, 7) is 8.42. The lowest BCUT2D eigenvalue weighted by Crippen LogP contribution is -2.36. The van der Waals surface area contributed by atoms with Gasteiger partial charge in [0.15, 0.2) is 0 Å². The van der Waals surface area contributed by atoms with Crippen molar-refractivity contribution in [2.24, 2.45) is 0 Å². The second-order valence-corrected chi connectivity index (χ2v) is 4.99. The lowest BCUT2D eigenvalue weighted by atomic mass is 9.83. The van der Waals surface area contributed by atoms with Crippen molar-refractivity contribution in [1.82, 2.24) is 5.32 Å². The predicted octanol–water partition coefficient (Wildman–Crippen LogP) is 2.94. The van der Waals surface area contributed by atoms with Crippen LogP contribution in [-0.2, 0) is 0 Å². The molecule has 1 aromatic rings. The van der Waals surface area contributed by atoms with Gasteiger partial charge in [0.05, 0.1) is 6.61 Å². The molecule has 1 N–H and O–H groups in total. The molecule has 0 spiro atoms. The SMILES string of the molecule is CCOc1ccc(C2CCNC2(C)C)cc1. The average molecular weight is 219 g/mol. The fourth-order valence-corrected chi connectivity index (χ4v) is 2.57. The van der Waals surface area contributed by atoms with E-state index in [0.29, 0.717) is 5.92 Å². The molecule has 2 rings (SSSR count). The van der Waals surface area contributed by atoms with Gasteiger partial charge in [0.2, 0.25) is 0 Å². The number of rotatable bonds is 3. The Morgan fingerprint density at radius 3 is 2.50 bits per heavy atom. The third kappa shape index (κ3) is 2.22. The molecule has 2 heteroatoms. The van der Waals surface area contributed by atoms with Crippen LogP contribution in [0.15, 0.2) is 24.3 Å². The van der Waals surface area contributed by atoms with Gasteiger partial charge in [0.1, 0.15) is 5.75 Å². The van der Waals surface area contributed by atoms with Gasteiger partial charge in [-0.1, -0.05) is 12.1 Å². The van der Waals surface area contributed by atoms with Crippen LogP contribution in [-0.4, -0.2) is 18.7 Å². The van der Waals surface area contributed by atoms with E-state index in [4.69, 9.17) is 4.74 Å². The first-order valence-electron chi connectivity index (χ1n) is 6.11. The Morgan fingerprint density at radius 1 is 1.31 bits per heavy atom. The molecule has 0 aromatic heterocycles. The van der Waals surface area contributed by atoms with Gasteiger partial charge in [0, 0.05) is 11.5 Å². The molecule has 0 amide bonds. The Balaban J connectivity index is 2.15. The summed E-state index contributed by atoms with van der Waals surface area (Å²) in [5, 5.41) is 3.55. The molecule has 1 aliphatic heterocycles. The number of ether oxygens (including phenoxy) is 1. The topological polar surface area (TPSA) is 21.3 Å². The van der Waals surface area contributed by atoms with Crippen molar-refractivity contribution < 1.29 is 4.74 Å².